The summed E-state index contributed by atoms with van der Waals surface area (Å²) in [6.07, 6.45) is 8.69. The van der Waals surface area contributed by atoms with Gasteiger partial charge in [-0.15, -0.1) is 0 Å². The molecule has 0 radical (unpaired) electrons. The fourth-order valence-corrected chi connectivity index (χ4v) is 5.32. The van der Waals surface area contributed by atoms with E-state index in [1.807, 2.05) is 24.3 Å². The first-order chi connectivity index (χ1) is 18.3. The number of carbonyl (C=O) groups excluding carboxylic acids is 1. The zero-order valence-electron chi connectivity index (χ0n) is 21.1. The highest BCUT2D eigenvalue weighted by atomic mass is 16.8. The van der Waals surface area contributed by atoms with E-state index in [2.05, 4.69) is 10.8 Å². The van der Waals surface area contributed by atoms with Crippen LogP contribution in [0.15, 0.2) is 72.8 Å². The summed E-state index contributed by atoms with van der Waals surface area (Å²) in [4.78, 5) is 42.1. The second-order valence-corrected chi connectivity index (χ2v) is 9.42. The van der Waals surface area contributed by atoms with Crippen molar-refractivity contribution < 1.29 is 34.2 Å². The van der Waals surface area contributed by atoms with Crippen LogP contribution in [0, 0.1) is 0 Å². The molecule has 0 saturated carbocycles. The monoisotopic (exact) mass is 520 g/mol. The zero-order valence-corrected chi connectivity index (χ0v) is 21.1. The minimum absolute atomic E-state index is 0.137. The Hall–Kier alpha value is -3.79. The molecule has 1 heterocycles. The standard InChI is InChI=1S/C29H32N2O7/c1-19(37-28(36)25-14-8-17-30-25)38-31-18-16-29(24-12-5-4-11-22(24)27(34)35)15-7-6-13-23(29)20-9-2-3-10-21(20)26(32)33/h2-7,9-13,15,19,23,25,30-31H,8,14,16-18H2,1H3,(H,32,33)(H,34,35). The van der Waals surface area contributed by atoms with Gasteiger partial charge in [-0.3, -0.25) is 9.63 Å². The lowest BCUT2D eigenvalue weighted by Gasteiger charge is -2.41. The van der Waals surface area contributed by atoms with Gasteiger partial charge in [0.2, 0.25) is 6.29 Å². The number of allylic oxidation sites excluding steroid dienone is 4. The molecule has 0 spiro atoms. The van der Waals surface area contributed by atoms with Crippen LogP contribution >= 0.6 is 0 Å². The lowest BCUT2D eigenvalue weighted by Crippen LogP contribution is -2.39. The Morgan fingerprint density at radius 3 is 2.47 bits per heavy atom. The third-order valence-electron chi connectivity index (χ3n) is 7.07. The first-order valence-electron chi connectivity index (χ1n) is 12.7. The predicted octanol–water partition coefficient (Wildman–Crippen LogP) is 3.78. The molecule has 0 bridgehead atoms. The summed E-state index contributed by atoms with van der Waals surface area (Å²) in [6.45, 7) is 2.66. The van der Waals surface area contributed by atoms with Crippen molar-refractivity contribution in [2.75, 3.05) is 13.1 Å². The molecule has 4 rings (SSSR count). The minimum atomic E-state index is -1.07. The second kappa shape index (κ2) is 12.2. The fraction of sp³-hybridized carbons (Fsp3) is 0.345. The molecule has 2 aliphatic rings. The van der Waals surface area contributed by atoms with Crippen molar-refractivity contribution in [3.8, 4) is 0 Å². The predicted molar refractivity (Wildman–Crippen MR) is 140 cm³/mol. The summed E-state index contributed by atoms with van der Waals surface area (Å²) in [5, 5.41) is 23.0. The molecule has 2 aromatic carbocycles. The third-order valence-corrected chi connectivity index (χ3v) is 7.07. The van der Waals surface area contributed by atoms with Gasteiger partial charge in [-0.25, -0.2) is 9.59 Å². The van der Waals surface area contributed by atoms with Crippen molar-refractivity contribution in [1.82, 2.24) is 10.8 Å². The summed E-state index contributed by atoms with van der Waals surface area (Å²) in [5.41, 5.74) is 3.39. The molecule has 1 saturated heterocycles. The molecule has 38 heavy (non-hydrogen) atoms. The fourth-order valence-electron chi connectivity index (χ4n) is 5.32. The van der Waals surface area contributed by atoms with Crippen LogP contribution in [0.4, 0.5) is 0 Å². The molecule has 4 N–H and O–H groups in total. The van der Waals surface area contributed by atoms with E-state index in [1.165, 1.54) is 0 Å². The number of hydrogen-bond acceptors (Lipinski definition) is 7. The Kier molecular flexibility index (Phi) is 8.73. The number of rotatable bonds is 11. The SMILES string of the molecule is CC(ONCCC1(c2ccccc2C(=O)O)C=CC=CC1c1ccccc1C(=O)O)OC(=O)C1CCCN1. The summed E-state index contributed by atoms with van der Waals surface area (Å²) in [6, 6.07) is 13.2. The summed E-state index contributed by atoms with van der Waals surface area (Å²) in [5.74, 6) is -2.96. The summed E-state index contributed by atoms with van der Waals surface area (Å²) in [7, 11) is 0. The second-order valence-electron chi connectivity index (χ2n) is 9.42. The smallest absolute Gasteiger partial charge is 0.335 e. The average Bonchev–Trinajstić information content (AvgIpc) is 3.47. The lowest BCUT2D eigenvalue weighted by atomic mass is 9.62. The van der Waals surface area contributed by atoms with E-state index in [1.54, 1.807) is 55.5 Å². The van der Waals surface area contributed by atoms with Crippen LogP contribution < -0.4 is 10.8 Å². The van der Waals surface area contributed by atoms with E-state index in [-0.39, 0.29) is 29.7 Å². The van der Waals surface area contributed by atoms with Crippen molar-refractivity contribution in [2.45, 2.75) is 49.9 Å². The van der Waals surface area contributed by atoms with Crippen molar-refractivity contribution in [3.05, 3.63) is 95.1 Å². The van der Waals surface area contributed by atoms with Crippen LogP contribution in [0.25, 0.3) is 0 Å². The van der Waals surface area contributed by atoms with E-state index in [9.17, 15) is 24.6 Å². The molecular weight excluding hydrogens is 488 g/mol. The van der Waals surface area contributed by atoms with E-state index in [0.29, 0.717) is 17.5 Å². The molecule has 4 unspecified atom stereocenters. The lowest BCUT2D eigenvalue weighted by molar-refractivity contribution is -0.191. The number of carboxylic acids is 2. The average molecular weight is 521 g/mol. The van der Waals surface area contributed by atoms with Gasteiger partial charge in [0.25, 0.3) is 0 Å². The molecule has 9 heteroatoms. The van der Waals surface area contributed by atoms with Crippen LogP contribution in [0.2, 0.25) is 0 Å². The van der Waals surface area contributed by atoms with Gasteiger partial charge >= 0.3 is 17.9 Å². The molecule has 1 fully saturated rings. The first-order valence-corrected chi connectivity index (χ1v) is 12.7. The van der Waals surface area contributed by atoms with E-state index in [0.717, 1.165) is 19.4 Å². The largest absolute Gasteiger partial charge is 0.478 e. The maximum absolute atomic E-state index is 12.2. The number of carboxylic acid groups (broad SMARTS) is 2. The number of esters is 1. The Balaban J connectivity index is 1.60. The Labute approximate surface area is 221 Å². The van der Waals surface area contributed by atoms with Gasteiger partial charge in [-0.1, -0.05) is 60.7 Å². The molecule has 1 aliphatic carbocycles. The van der Waals surface area contributed by atoms with E-state index < -0.39 is 29.6 Å². The van der Waals surface area contributed by atoms with Gasteiger partial charge in [-0.05, 0) is 56.0 Å². The Bertz CT molecular complexity index is 1230. The molecule has 4 atom stereocenters. The van der Waals surface area contributed by atoms with Crippen molar-refractivity contribution in [3.63, 3.8) is 0 Å². The Morgan fingerprint density at radius 1 is 1.05 bits per heavy atom. The maximum Gasteiger partial charge on any atom is 0.335 e. The van der Waals surface area contributed by atoms with Crippen LogP contribution in [0.5, 0.6) is 0 Å². The number of aromatic carboxylic acids is 2. The van der Waals surface area contributed by atoms with Crippen LogP contribution in [0.1, 0.15) is 63.9 Å². The molecule has 1 aliphatic heterocycles. The highest BCUT2D eigenvalue weighted by molar-refractivity contribution is 5.91. The van der Waals surface area contributed by atoms with Gasteiger partial charge in [-0.2, -0.15) is 5.48 Å². The van der Waals surface area contributed by atoms with Crippen LogP contribution in [-0.4, -0.2) is 53.5 Å². The molecular formula is C29H32N2O7. The maximum atomic E-state index is 12.2. The van der Waals surface area contributed by atoms with Crippen LogP contribution in [-0.2, 0) is 19.8 Å². The normalized spacial score (nSPS) is 23.2. The van der Waals surface area contributed by atoms with Crippen LogP contribution in [0.3, 0.4) is 0 Å². The molecule has 0 aromatic heterocycles. The number of carbonyl (C=O) groups is 3. The summed E-state index contributed by atoms with van der Waals surface area (Å²) < 4.78 is 5.36. The molecule has 0 amide bonds. The zero-order chi connectivity index (χ0) is 27.1. The molecule has 9 nitrogen and oxygen atoms in total. The third kappa shape index (κ3) is 5.85. The van der Waals surface area contributed by atoms with Gasteiger partial charge in [0, 0.05) is 17.9 Å². The van der Waals surface area contributed by atoms with Gasteiger partial charge in [0.15, 0.2) is 0 Å². The van der Waals surface area contributed by atoms with Crippen molar-refractivity contribution >= 4 is 17.9 Å². The van der Waals surface area contributed by atoms with E-state index >= 15 is 0 Å². The topological polar surface area (TPSA) is 134 Å². The quantitative estimate of drug-likeness (QED) is 0.151. The number of hydroxylamine groups is 1. The highest BCUT2D eigenvalue weighted by Crippen LogP contribution is 2.48. The number of hydrogen-bond donors (Lipinski definition) is 4. The van der Waals surface area contributed by atoms with Crippen molar-refractivity contribution in [1.29, 1.82) is 0 Å². The number of ether oxygens (including phenoxy) is 1. The van der Waals surface area contributed by atoms with Crippen molar-refractivity contribution in [2.24, 2.45) is 0 Å². The molecule has 200 valence electrons. The molecule has 2 aromatic rings. The van der Waals surface area contributed by atoms with Gasteiger partial charge in [0.1, 0.15) is 6.04 Å². The summed E-state index contributed by atoms with van der Waals surface area (Å²) >= 11 is 0. The minimum Gasteiger partial charge on any atom is -0.478 e. The van der Waals surface area contributed by atoms with Gasteiger partial charge < -0.3 is 20.3 Å². The highest BCUT2D eigenvalue weighted by Gasteiger charge is 2.42. The van der Waals surface area contributed by atoms with Gasteiger partial charge in [0.05, 0.1) is 11.1 Å². The number of benzene rings is 2. The number of nitrogens with one attached hydrogen (secondary N) is 2. The van der Waals surface area contributed by atoms with E-state index in [4.69, 9.17) is 9.57 Å². The first kappa shape index (κ1) is 27.3. The Morgan fingerprint density at radius 2 is 1.76 bits per heavy atom.